The van der Waals surface area contributed by atoms with Crippen LogP contribution in [0.3, 0.4) is 0 Å². The van der Waals surface area contributed by atoms with E-state index in [9.17, 15) is 0 Å². The van der Waals surface area contributed by atoms with Gasteiger partial charge in [-0.25, -0.2) is 0 Å². The van der Waals surface area contributed by atoms with Crippen LogP contribution in [-0.4, -0.2) is 0 Å². The monoisotopic (exact) mass is 895 g/mol. The maximum absolute atomic E-state index is 6.99. The predicted octanol–water partition coefficient (Wildman–Crippen LogP) is 17.0. The van der Waals surface area contributed by atoms with Gasteiger partial charge in [0.25, 0.3) is 0 Å². The number of hydrogen-bond acceptors (Lipinski definition) is 3. The lowest BCUT2D eigenvalue weighted by atomic mass is 9.65. The normalized spacial score (nSPS) is 15.4. The number of hydrogen-bond donors (Lipinski definition) is 0. The van der Waals surface area contributed by atoms with Gasteiger partial charge in [-0.3, -0.25) is 0 Å². The van der Waals surface area contributed by atoms with Crippen LogP contribution < -0.4 is 9.64 Å². The molecular weight excluding hydrogens is 851 g/mol. The Balaban J connectivity index is 1.04. The van der Waals surface area contributed by atoms with Crippen LogP contribution >= 0.6 is 0 Å². The lowest BCUT2D eigenvalue weighted by Gasteiger charge is -2.40. The van der Waals surface area contributed by atoms with E-state index in [1.807, 2.05) is 6.07 Å². The second-order valence-electron chi connectivity index (χ2n) is 18.8. The Bertz CT molecular complexity index is 3940. The Morgan fingerprint density at radius 2 is 1.03 bits per heavy atom. The number of rotatable bonds is 6. The van der Waals surface area contributed by atoms with E-state index < -0.39 is 10.8 Å². The average Bonchev–Trinajstić information content (AvgIpc) is 4.05. The second kappa shape index (κ2) is 15.3. The van der Waals surface area contributed by atoms with Crippen LogP contribution in [0.5, 0.6) is 5.75 Å². The molecule has 0 radical (unpaired) electrons. The fourth-order valence-corrected chi connectivity index (χ4v) is 12.5. The Hall–Kier alpha value is -8.92. The summed E-state index contributed by atoms with van der Waals surface area (Å²) in [4.78, 5) is 2.45. The van der Waals surface area contributed by atoms with Crippen molar-refractivity contribution in [3.63, 3.8) is 0 Å². The number of nitrogens with zero attached hydrogens (tertiary/aromatic N) is 1. The first kappa shape index (κ1) is 40.2. The molecular formula is C67H45NO2. The molecule has 0 fully saturated rings. The number of fused-ring (bicyclic) bond motifs is 14. The summed E-state index contributed by atoms with van der Waals surface area (Å²) in [5, 5.41) is 4.52. The van der Waals surface area contributed by atoms with Crippen LogP contribution in [0.15, 0.2) is 271 Å². The van der Waals surface area contributed by atoms with Gasteiger partial charge in [-0.1, -0.05) is 195 Å². The molecule has 2 heterocycles. The topological polar surface area (TPSA) is 25.6 Å². The molecule has 3 nitrogen and oxygen atoms in total. The molecule has 330 valence electrons. The van der Waals surface area contributed by atoms with E-state index in [0.717, 1.165) is 61.7 Å². The fourth-order valence-electron chi connectivity index (χ4n) is 12.5. The van der Waals surface area contributed by atoms with Crippen LogP contribution in [0.1, 0.15) is 45.9 Å². The molecule has 0 saturated heterocycles. The van der Waals surface area contributed by atoms with Gasteiger partial charge in [-0.05, 0) is 122 Å². The van der Waals surface area contributed by atoms with Gasteiger partial charge in [-0.2, -0.15) is 0 Å². The minimum Gasteiger partial charge on any atom is -0.457 e. The molecule has 0 saturated carbocycles. The van der Waals surface area contributed by atoms with E-state index >= 15 is 0 Å². The van der Waals surface area contributed by atoms with E-state index in [1.54, 1.807) is 0 Å². The lowest BCUT2D eigenvalue weighted by Crippen LogP contribution is -2.35. The number of benzene rings is 10. The van der Waals surface area contributed by atoms with Gasteiger partial charge in [0.05, 0.1) is 27.6 Å². The first-order valence-electron chi connectivity index (χ1n) is 24.1. The van der Waals surface area contributed by atoms with Gasteiger partial charge >= 0.3 is 0 Å². The highest BCUT2D eigenvalue weighted by atomic mass is 16.5. The molecule has 2 aliphatic carbocycles. The van der Waals surface area contributed by atoms with Gasteiger partial charge in [-0.15, -0.1) is 0 Å². The van der Waals surface area contributed by atoms with Gasteiger partial charge in [0.2, 0.25) is 0 Å². The van der Waals surface area contributed by atoms with Gasteiger partial charge in [0, 0.05) is 27.8 Å². The number of para-hydroxylation sites is 2. The van der Waals surface area contributed by atoms with Crippen molar-refractivity contribution in [3.8, 4) is 28.0 Å². The lowest BCUT2D eigenvalue weighted by molar-refractivity contribution is 0.390. The average molecular weight is 896 g/mol. The van der Waals surface area contributed by atoms with E-state index in [1.165, 1.54) is 66.4 Å². The molecule has 0 N–H and O–H groups in total. The summed E-state index contributed by atoms with van der Waals surface area (Å²) in [6, 6.07) is 83.5. The summed E-state index contributed by atoms with van der Waals surface area (Å²) >= 11 is 0. The molecule has 0 amide bonds. The standard InChI is InChI=1S/C67H45NO2/c1-43(39-40-60-44(2)66(55-32-16-18-37-62(55)69-60)53-30-14-11-27-49(53)50-28-12-15-31-54(50)66)68(59-35-20-38-63-65(59)51-29-13-17-36-61(51)70-63)58-34-19-33-56-64(58)52-41-45-21-9-10-22-46(45)42-57(52)67(56,47-23-5-3-6-24-47)48-25-7-4-8-26-48/h3-42H,2H2,1H3/b43-39+,60-40+. The highest BCUT2D eigenvalue weighted by Crippen LogP contribution is 2.62. The molecule has 0 bridgehead atoms. The number of allylic oxidation sites excluding steroid dienone is 4. The van der Waals surface area contributed by atoms with Crippen LogP contribution in [0, 0.1) is 0 Å². The quantitative estimate of drug-likeness (QED) is 0.166. The minimum atomic E-state index is -0.637. The van der Waals surface area contributed by atoms with Gasteiger partial charge in [0.15, 0.2) is 0 Å². The van der Waals surface area contributed by atoms with Gasteiger partial charge < -0.3 is 14.1 Å². The maximum atomic E-state index is 6.99. The number of anilines is 2. The molecule has 70 heavy (non-hydrogen) atoms. The van der Waals surface area contributed by atoms with E-state index in [4.69, 9.17) is 15.7 Å². The Labute approximate surface area is 407 Å². The van der Waals surface area contributed by atoms with Crippen molar-refractivity contribution in [3.05, 3.63) is 305 Å². The third-order valence-corrected chi connectivity index (χ3v) is 15.3. The summed E-state index contributed by atoms with van der Waals surface area (Å²) in [6.07, 6.45) is 4.36. The molecule has 1 aliphatic heterocycles. The van der Waals surface area contributed by atoms with Crippen molar-refractivity contribution < 1.29 is 9.15 Å². The molecule has 0 unspecified atom stereocenters. The van der Waals surface area contributed by atoms with Crippen molar-refractivity contribution >= 4 is 44.1 Å². The highest BCUT2D eigenvalue weighted by molar-refractivity contribution is 6.13. The zero-order valence-corrected chi connectivity index (χ0v) is 38.6. The summed E-state index contributed by atoms with van der Waals surface area (Å²) in [7, 11) is 0. The van der Waals surface area contributed by atoms with Crippen LogP contribution in [0.25, 0.3) is 55.0 Å². The van der Waals surface area contributed by atoms with Crippen molar-refractivity contribution in [2.75, 3.05) is 4.90 Å². The molecule has 3 heteroatoms. The summed E-state index contributed by atoms with van der Waals surface area (Å²) in [5.74, 6) is 1.55. The molecule has 3 aliphatic rings. The third kappa shape index (κ3) is 5.46. The van der Waals surface area contributed by atoms with Gasteiger partial charge in [0.1, 0.15) is 22.7 Å². The van der Waals surface area contributed by atoms with Crippen molar-refractivity contribution in [2.24, 2.45) is 0 Å². The molecule has 14 rings (SSSR count). The number of furan rings is 1. The van der Waals surface area contributed by atoms with E-state index in [0.29, 0.717) is 0 Å². The smallest absolute Gasteiger partial charge is 0.137 e. The Kier molecular flexibility index (Phi) is 8.78. The second-order valence-corrected chi connectivity index (χ2v) is 18.8. The zero-order valence-electron chi connectivity index (χ0n) is 38.6. The first-order chi connectivity index (χ1) is 34.6. The largest absolute Gasteiger partial charge is 0.457 e. The number of ether oxygens (including phenoxy) is 1. The Morgan fingerprint density at radius 3 is 1.76 bits per heavy atom. The molecule has 1 spiro atoms. The van der Waals surface area contributed by atoms with Crippen LogP contribution in [0.4, 0.5) is 11.4 Å². The predicted molar refractivity (Wildman–Crippen MR) is 287 cm³/mol. The summed E-state index contributed by atoms with van der Waals surface area (Å²) < 4.78 is 13.6. The molecule has 1 aromatic heterocycles. The summed E-state index contributed by atoms with van der Waals surface area (Å²) in [5.41, 5.74) is 17.7. The highest BCUT2D eigenvalue weighted by Gasteiger charge is 2.52. The minimum absolute atomic E-state index is 0.615. The maximum Gasteiger partial charge on any atom is 0.137 e. The zero-order chi connectivity index (χ0) is 46.6. The van der Waals surface area contributed by atoms with Crippen molar-refractivity contribution in [1.82, 2.24) is 0 Å². The summed E-state index contributed by atoms with van der Waals surface area (Å²) in [6.45, 7) is 7.17. The van der Waals surface area contributed by atoms with Crippen LogP contribution in [0.2, 0.25) is 0 Å². The van der Waals surface area contributed by atoms with E-state index in [2.05, 4.69) is 248 Å². The molecule has 11 aromatic rings. The molecule has 10 aromatic carbocycles. The van der Waals surface area contributed by atoms with Crippen LogP contribution in [-0.2, 0) is 10.8 Å². The van der Waals surface area contributed by atoms with Crippen molar-refractivity contribution in [2.45, 2.75) is 17.8 Å². The third-order valence-electron chi connectivity index (χ3n) is 15.3. The van der Waals surface area contributed by atoms with Crippen molar-refractivity contribution in [1.29, 1.82) is 0 Å². The fraction of sp³-hybridized carbons (Fsp3) is 0.0448. The first-order valence-corrected chi connectivity index (χ1v) is 24.1. The Morgan fingerprint density at radius 1 is 0.471 bits per heavy atom. The SMILES string of the molecule is C=C1/C(=C\C=C(/C)N(c2cccc3c2-c2cc4ccccc4cc2C3(c2ccccc2)c2ccccc2)c2cccc3oc4ccccc4c23)Oc2ccccc2C12c1ccccc1-c1ccccc12. The van der Waals surface area contributed by atoms with E-state index in [-0.39, 0.29) is 0 Å². The molecule has 0 atom stereocenters.